The summed E-state index contributed by atoms with van der Waals surface area (Å²) in [7, 11) is -2.38. The third-order valence-electron chi connectivity index (χ3n) is 4.09. The van der Waals surface area contributed by atoms with E-state index in [2.05, 4.69) is 5.32 Å². The van der Waals surface area contributed by atoms with Crippen LogP contribution in [-0.2, 0) is 21.4 Å². The maximum absolute atomic E-state index is 12.4. The molecule has 10 heteroatoms. The van der Waals surface area contributed by atoms with E-state index in [1.807, 2.05) is 12.1 Å². The van der Waals surface area contributed by atoms with Crippen molar-refractivity contribution in [3.63, 3.8) is 0 Å². The fourth-order valence-electron chi connectivity index (χ4n) is 2.59. The molecular weight excluding hydrogens is 434 g/mol. The molecule has 0 fully saturated rings. The normalized spacial score (nSPS) is 11.6. The zero-order valence-corrected chi connectivity index (χ0v) is 17.8. The van der Waals surface area contributed by atoms with Crippen LogP contribution >= 0.6 is 22.9 Å². The number of benzene rings is 1. The first-order valence-corrected chi connectivity index (χ1v) is 11.2. The zero-order valence-electron chi connectivity index (χ0n) is 15.4. The lowest BCUT2D eigenvalue weighted by molar-refractivity contribution is -0.116. The van der Waals surface area contributed by atoms with E-state index in [-0.39, 0.29) is 22.9 Å². The van der Waals surface area contributed by atoms with Gasteiger partial charge in [0.1, 0.15) is 4.21 Å². The second-order valence-corrected chi connectivity index (χ2v) is 9.84. The lowest BCUT2D eigenvalue weighted by Gasteiger charge is -2.16. The van der Waals surface area contributed by atoms with Crippen LogP contribution in [0.1, 0.15) is 5.56 Å². The molecule has 0 aliphatic carbocycles. The zero-order chi connectivity index (χ0) is 21.0. The van der Waals surface area contributed by atoms with E-state index in [1.165, 1.54) is 36.0 Å². The van der Waals surface area contributed by atoms with Gasteiger partial charge in [0.2, 0.25) is 5.91 Å². The van der Waals surface area contributed by atoms with Gasteiger partial charge in [-0.3, -0.25) is 9.59 Å². The maximum Gasteiger partial charge on any atom is 0.252 e. The fourth-order valence-corrected chi connectivity index (χ4v) is 5.11. The van der Waals surface area contributed by atoms with Gasteiger partial charge in [0, 0.05) is 24.3 Å². The Hall–Kier alpha value is -2.46. The number of nitrogens with zero attached hydrogens (tertiary/aromatic N) is 2. The summed E-state index contributed by atoms with van der Waals surface area (Å²) in [6, 6.07) is 13.1. The van der Waals surface area contributed by atoms with Crippen molar-refractivity contribution in [3.05, 3.63) is 81.0 Å². The molecule has 1 amide bonds. The van der Waals surface area contributed by atoms with Crippen LogP contribution in [-0.4, -0.2) is 36.8 Å². The molecule has 0 aliphatic rings. The molecule has 0 bridgehead atoms. The van der Waals surface area contributed by atoms with Gasteiger partial charge >= 0.3 is 0 Å². The third kappa shape index (κ3) is 5.13. The number of hydrogen-bond acceptors (Lipinski definition) is 5. The molecule has 2 heterocycles. The Bertz CT molecular complexity index is 1170. The van der Waals surface area contributed by atoms with E-state index in [4.69, 9.17) is 11.6 Å². The molecule has 152 valence electrons. The molecule has 0 radical (unpaired) electrons. The van der Waals surface area contributed by atoms with Crippen LogP contribution in [0.3, 0.4) is 0 Å². The number of nitrogens with one attached hydrogen (secondary N) is 1. The molecule has 3 rings (SSSR count). The molecule has 29 heavy (non-hydrogen) atoms. The van der Waals surface area contributed by atoms with Crippen LogP contribution in [0.15, 0.2) is 69.1 Å². The molecule has 0 spiro atoms. The van der Waals surface area contributed by atoms with E-state index in [0.717, 1.165) is 21.2 Å². The summed E-state index contributed by atoms with van der Waals surface area (Å²) < 4.78 is 27.4. The molecule has 0 aliphatic heterocycles. The Kier molecular flexibility index (Phi) is 6.53. The van der Waals surface area contributed by atoms with Gasteiger partial charge < -0.3 is 9.88 Å². The molecule has 3 aromatic rings. The highest BCUT2D eigenvalue weighted by atomic mass is 35.5. The number of amides is 1. The van der Waals surface area contributed by atoms with Gasteiger partial charge in [-0.15, -0.1) is 11.3 Å². The number of carbonyl (C=O) groups is 1. The first-order valence-electron chi connectivity index (χ1n) is 8.51. The summed E-state index contributed by atoms with van der Waals surface area (Å²) >= 11 is 7.23. The number of thiophene rings is 1. The smallest absolute Gasteiger partial charge is 0.252 e. The maximum atomic E-state index is 12.4. The van der Waals surface area contributed by atoms with Crippen molar-refractivity contribution >= 4 is 44.6 Å². The highest BCUT2D eigenvalue weighted by Gasteiger charge is 2.23. The number of hydrogen-bond donors (Lipinski definition) is 1. The van der Waals surface area contributed by atoms with Crippen molar-refractivity contribution in [2.45, 2.75) is 10.8 Å². The predicted molar refractivity (Wildman–Crippen MR) is 114 cm³/mol. The number of halogens is 1. The second kappa shape index (κ2) is 8.91. The molecule has 0 atom stereocenters. The molecule has 1 aromatic carbocycles. The van der Waals surface area contributed by atoms with Crippen molar-refractivity contribution in [1.82, 2.24) is 8.87 Å². The SMILES string of the molecule is CN(CC(=O)Nc1ccc(=O)n(Cc2ccccc2Cl)c1)S(=O)(=O)c1cccs1. The summed E-state index contributed by atoms with van der Waals surface area (Å²) in [5.74, 6) is -0.518. The number of rotatable bonds is 7. The van der Waals surface area contributed by atoms with Gasteiger partial charge in [0.05, 0.1) is 18.8 Å². The Labute approximate surface area is 177 Å². The first kappa shape index (κ1) is 21.3. The van der Waals surface area contributed by atoms with E-state index in [9.17, 15) is 18.0 Å². The van der Waals surface area contributed by atoms with Crippen LogP contribution in [0, 0.1) is 0 Å². The number of aromatic nitrogens is 1. The predicted octanol–water partition coefficient (Wildman–Crippen LogP) is 2.87. The minimum absolute atomic E-state index is 0.168. The summed E-state index contributed by atoms with van der Waals surface area (Å²) in [5.41, 5.74) is 0.894. The standard InChI is InChI=1S/C19H18ClN3O4S2/c1-22(29(26,27)19-7-4-10-28-19)13-17(24)21-15-8-9-18(25)23(12-15)11-14-5-2-3-6-16(14)20/h2-10,12H,11,13H2,1H3,(H,21,24). The number of carbonyl (C=O) groups excluding carboxylic acids is 1. The van der Waals surface area contributed by atoms with Gasteiger partial charge in [-0.25, -0.2) is 8.42 Å². The van der Waals surface area contributed by atoms with Crippen molar-refractivity contribution < 1.29 is 13.2 Å². The average molecular weight is 452 g/mol. The monoisotopic (exact) mass is 451 g/mol. The Balaban J connectivity index is 1.71. The van der Waals surface area contributed by atoms with E-state index in [1.54, 1.807) is 23.6 Å². The number of anilines is 1. The molecule has 2 aromatic heterocycles. The topological polar surface area (TPSA) is 88.5 Å². The van der Waals surface area contributed by atoms with Gasteiger partial charge in [-0.2, -0.15) is 4.31 Å². The van der Waals surface area contributed by atoms with Gasteiger partial charge in [0.25, 0.3) is 15.6 Å². The molecule has 0 saturated heterocycles. The number of sulfonamides is 1. The molecule has 1 N–H and O–H groups in total. The van der Waals surface area contributed by atoms with Crippen LogP contribution < -0.4 is 10.9 Å². The summed E-state index contributed by atoms with van der Waals surface area (Å²) in [4.78, 5) is 24.5. The number of pyridine rings is 1. The van der Waals surface area contributed by atoms with E-state index >= 15 is 0 Å². The van der Waals surface area contributed by atoms with Crippen molar-refractivity contribution in [1.29, 1.82) is 0 Å². The summed E-state index contributed by atoms with van der Waals surface area (Å²) in [6.45, 7) is -0.112. The fraction of sp³-hybridized carbons (Fsp3) is 0.158. The van der Waals surface area contributed by atoms with Crippen molar-refractivity contribution in [2.24, 2.45) is 0 Å². The average Bonchev–Trinajstić information content (AvgIpc) is 3.21. The highest BCUT2D eigenvalue weighted by molar-refractivity contribution is 7.91. The largest absolute Gasteiger partial charge is 0.324 e. The minimum Gasteiger partial charge on any atom is -0.324 e. The summed E-state index contributed by atoms with van der Waals surface area (Å²) in [6.07, 6.45) is 1.50. The van der Waals surface area contributed by atoms with Crippen molar-refractivity contribution in [2.75, 3.05) is 18.9 Å². The van der Waals surface area contributed by atoms with Crippen molar-refractivity contribution in [3.8, 4) is 0 Å². The number of likely N-dealkylation sites (N-methyl/N-ethyl adjacent to an activating group) is 1. The van der Waals surface area contributed by atoms with Crippen LogP contribution in [0.2, 0.25) is 5.02 Å². The van der Waals surface area contributed by atoms with E-state index < -0.39 is 15.9 Å². The second-order valence-electron chi connectivity index (χ2n) is 6.22. The van der Waals surface area contributed by atoms with Crippen LogP contribution in [0.5, 0.6) is 0 Å². The molecule has 0 unspecified atom stereocenters. The van der Waals surface area contributed by atoms with Gasteiger partial charge in [-0.05, 0) is 29.1 Å². The van der Waals surface area contributed by atoms with Crippen LogP contribution in [0.25, 0.3) is 0 Å². The minimum atomic E-state index is -3.72. The summed E-state index contributed by atoms with van der Waals surface area (Å²) in [5, 5.41) is 4.82. The van der Waals surface area contributed by atoms with E-state index in [0.29, 0.717) is 10.7 Å². The third-order valence-corrected chi connectivity index (χ3v) is 7.64. The Morgan fingerprint density at radius 2 is 1.93 bits per heavy atom. The molecule has 0 saturated carbocycles. The first-order chi connectivity index (χ1) is 13.8. The molecular formula is C19H18ClN3O4S2. The molecule has 7 nitrogen and oxygen atoms in total. The van der Waals surface area contributed by atoms with Gasteiger partial charge in [-0.1, -0.05) is 35.9 Å². The quantitative estimate of drug-likeness (QED) is 0.598. The van der Waals surface area contributed by atoms with Gasteiger partial charge in [0.15, 0.2) is 0 Å². The highest BCUT2D eigenvalue weighted by Crippen LogP contribution is 2.20. The lowest BCUT2D eigenvalue weighted by Crippen LogP contribution is -2.34. The Morgan fingerprint density at radius 3 is 2.62 bits per heavy atom. The van der Waals surface area contributed by atoms with Crippen LogP contribution in [0.4, 0.5) is 5.69 Å². The lowest BCUT2D eigenvalue weighted by atomic mass is 10.2. The Morgan fingerprint density at radius 1 is 1.17 bits per heavy atom.